The van der Waals surface area contributed by atoms with Gasteiger partial charge in [-0.3, -0.25) is 14.6 Å². The second-order valence-corrected chi connectivity index (χ2v) is 8.38. The van der Waals surface area contributed by atoms with Gasteiger partial charge in [0.1, 0.15) is 11.5 Å². The van der Waals surface area contributed by atoms with E-state index in [-0.39, 0.29) is 11.3 Å². The summed E-state index contributed by atoms with van der Waals surface area (Å²) >= 11 is 0. The Bertz CT molecular complexity index is 1680. The molecule has 5 aromatic rings. The average Bonchev–Trinajstić information content (AvgIpc) is 2.93. The third-order valence-corrected chi connectivity index (χ3v) is 5.88. The largest absolute Gasteiger partial charge is 0.493 e. The fourth-order valence-electron chi connectivity index (χ4n) is 3.98. The van der Waals surface area contributed by atoms with Crippen LogP contribution in [0.25, 0.3) is 16.6 Å². The minimum atomic E-state index is -0.404. The van der Waals surface area contributed by atoms with E-state index in [1.54, 1.807) is 75.9 Å². The van der Waals surface area contributed by atoms with E-state index >= 15 is 0 Å². The van der Waals surface area contributed by atoms with Crippen LogP contribution in [0.4, 0.5) is 5.69 Å². The van der Waals surface area contributed by atoms with Crippen LogP contribution in [0.15, 0.2) is 89.9 Å². The summed E-state index contributed by atoms with van der Waals surface area (Å²) in [4.78, 5) is 30.0. The van der Waals surface area contributed by atoms with Crippen molar-refractivity contribution in [1.82, 2.24) is 14.8 Å². The van der Waals surface area contributed by atoms with E-state index in [0.29, 0.717) is 45.5 Å². The van der Waals surface area contributed by atoms with Crippen molar-refractivity contribution in [3.63, 3.8) is 0 Å². The number of hydrogen-bond donors (Lipinski definition) is 1. The van der Waals surface area contributed by atoms with Gasteiger partial charge in [-0.15, -0.1) is 0 Å². The second-order valence-electron chi connectivity index (χ2n) is 8.38. The molecule has 190 valence electrons. The minimum absolute atomic E-state index is 0.154. The fraction of sp³-hybridized carbons (Fsp3) is 0.103. The van der Waals surface area contributed by atoms with Crippen LogP contribution in [-0.2, 0) is 0 Å². The molecule has 0 aliphatic heterocycles. The number of carbonyl (C=O) groups is 1. The zero-order chi connectivity index (χ0) is 26.6. The number of amides is 1. The number of nitrogens with one attached hydrogen (secondary N) is 1. The molecule has 38 heavy (non-hydrogen) atoms. The number of ether oxygens (including phenoxy) is 3. The van der Waals surface area contributed by atoms with Crippen molar-refractivity contribution >= 4 is 22.5 Å². The number of nitrogens with zero attached hydrogens (tertiary/aromatic N) is 3. The van der Waals surface area contributed by atoms with Crippen LogP contribution in [0.2, 0.25) is 0 Å². The van der Waals surface area contributed by atoms with E-state index in [0.717, 1.165) is 5.39 Å². The minimum Gasteiger partial charge on any atom is -0.493 e. The maximum Gasteiger partial charge on any atom is 0.276 e. The van der Waals surface area contributed by atoms with Gasteiger partial charge in [0.15, 0.2) is 17.2 Å². The molecule has 0 aliphatic rings. The molecule has 3 aromatic carbocycles. The van der Waals surface area contributed by atoms with Gasteiger partial charge in [-0.05, 0) is 61.0 Å². The quantitative estimate of drug-likeness (QED) is 0.324. The van der Waals surface area contributed by atoms with Crippen molar-refractivity contribution in [1.29, 1.82) is 0 Å². The van der Waals surface area contributed by atoms with Crippen LogP contribution in [0.5, 0.6) is 23.0 Å². The van der Waals surface area contributed by atoms with E-state index in [9.17, 15) is 9.59 Å². The maximum atomic E-state index is 12.8. The molecule has 0 bridgehead atoms. The van der Waals surface area contributed by atoms with Crippen molar-refractivity contribution < 1.29 is 19.0 Å². The highest BCUT2D eigenvalue weighted by atomic mass is 16.5. The Kier molecular flexibility index (Phi) is 6.73. The van der Waals surface area contributed by atoms with E-state index in [1.807, 2.05) is 24.3 Å². The molecular weight excluding hydrogens is 484 g/mol. The first-order valence-corrected chi connectivity index (χ1v) is 11.7. The summed E-state index contributed by atoms with van der Waals surface area (Å²) in [7, 11) is 3.13. The number of aryl methyl sites for hydroxylation is 1. The smallest absolute Gasteiger partial charge is 0.276 e. The highest BCUT2D eigenvalue weighted by molar-refractivity contribution is 6.03. The molecule has 0 saturated heterocycles. The van der Waals surface area contributed by atoms with Crippen LogP contribution < -0.4 is 25.1 Å². The number of rotatable bonds is 7. The molecule has 1 amide bonds. The summed E-state index contributed by atoms with van der Waals surface area (Å²) in [6, 6.07) is 22.6. The number of para-hydroxylation sites is 1. The van der Waals surface area contributed by atoms with Gasteiger partial charge in [-0.1, -0.05) is 18.2 Å². The standard InChI is InChI=1S/C29H24N4O5/c1-18-15-27(34)33(32-28(18)29(35)31-19-7-5-4-6-8-19)20-9-11-21(12-10-20)38-24-13-14-30-23-17-26(37-3)25(36-2)16-22(23)24/h4-17H,1-3H3,(H,31,35). The van der Waals surface area contributed by atoms with Gasteiger partial charge in [0.05, 0.1) is 25.4 Å². The predicted molar refractivity (Wildman–Crippen MR) is 144 cm³/mol. The van der Waals surface area contributed by atoms with Crippen LogP contribution in [0.1, 0.15) is 16.1 Å². The van der Waals surface area contributed by atoms with E-state index in [1.165, 1.54) is 10.7 Å². The number of anilines is 1. The fourth-order valence-corrected chi connectivity index (χ4v) is 3.98. The lowest BCUT2D eigenvalue weighted by atomic mass is 10.2. The van der Waals surface area contributed by atoms with Gasteiger partial charge in [-0.25, -0.2) is 0 Å². The van der Waals surface area contributed by atoms with E-state index in [2.05, 4.69) is 15.4 Å². The van der Waals surface area contributed by atoms with Crippen LogP contribution >= 0.6 is 0 Å². The Morgan fingerprint density at radius 2 is 1.58 bits per heavy atom. The Hall–Kier alpha value is -5.18. The molecule has 0 spiro atoms. The van der Waals surface area contributed by atoms with Gasteiger partial charge in [0.25, 0.3) is 11.5 Å². The first kappa shape index (κ1) is 24.5. The van der Waals surface area contributed by atoms with E-state index in [4.69, 9.17) is 14.2 Å². The van der Waals surface area contributed by atoms with Crippen molar-refractivity contribution in [2.45, 2.75) is 6.92 Å². The molecule has 5 rings (SSSR count). The molecule has 2 heterocycles. The normalized spacial score (nSPS) is 10.7. The first-order valence-electron chi connectivity index (χ1n) is 11.7. The molecule has 0 saturated carbocycles. The Labute approximate surface area is 218 Å². The van der Waals surface area contributed by atoms with E-state index < -0.39 is 5.91 Å². The molecule has 0 fully saturated rings. The Morgan fingerprint density at radius 1 is 0.868 bits per heavy atom. The third kappa shape index (κ3) is 4.90. The molecule has 9 nitrogen and oxygen atoms in total. The average molecular weight is 509 g/mol. The van der Waals surface area contributed by atoms with Gasteiger partial charge < -0.3 is 19.5 Å². The van der Waals surface area contributed by atoms with Crippen LogP contribution in [-0.4, -0.2) is 34.9 Å². The van der Waals surface area contributed by atoms with Gasteiger partial charge in [0, 0.05) is 29.4 Å². The number of aromatic nitrogens is 3. The first-order chi connectivity index (χ1) is 18.5. The summed E-state index contributed by atoms with van der Waals surface area (Å²) < 4.78 is 18.1. The zero-order valence-electron chi connectivity index (χ0n) is 21.0. The predicted octanol–water partition coefficient (Wildman–Crippen LogP) is 5.15. The van der Waals surface area contributed by atoms with Gasteiger partial charge in [0.2, 0.25) is 0 Å². The van der Waals surface area contributed by atoms with Crippen molar-refractivity contribution in [2.75, 3.05) is 19.5 Å². The number of benzene rings is 3. The number of fused-ring (bicyclic) bond motifs is 1. The number of hydrogen-bond acceptors (Lipinski definition) is 7. The highest BCUT2D eigenvalue weighted by Crippen LogP contribution is 2.36. The zero-order valence-corrected chi connectivity index (χ0v) is 21.0. The van der Waals surface area contributed by atoms with Crippen molar-refractivity contribution in [3.8, 4) is 28.7 Å². The monoisotopic (exact) mass is 508 g/mol. The summed E-state index contributed by atoms with van der Waals surface area (Å²) in [5.41, 5.74) is 2.10. The van der Waals surface area contributed by atoms with Crippen molar-refractivity contribution in [2.24, 2.45) is 0 Å². The summed E-state index contributed by atoms with van der Waals surface area (Å²) in [5.74, 6) is 1.85. The summed E-state index contributed by atoms with van der Waals surface area (Å²) in [6.45, 7) is 1.68. The lowest BCUT2D eigenvalue weighted by Gasteiger charge is -2.13. The van der Waals surface area contributed by atoms with Crippen LogP contribution in [0, 0.1) is 6.92 Å². The molecule has 1 N–H and O–H groups in total. The number of carbonyl (C=O) groups excluding carboxylic acids is 1. The number of pyridine rings is 1. The van der Waals surface area contributed by atoms with Crippen LogP contribution in [0.3, 0.4) is 0 Å². The Morgan fingerprint density at radius 3 is 2.29 bits per heavy atom. The molecule has 9 heteroatoms. The van der Waals surface area contributed by atoms with Crippen molar-refractivity contribution in [3.05, 3.63) is 107 Å². The molecule has 2 aromatic heterocycles. The Balaban J connectivity index is 1.42. The maximum absolute atomic E-state index is 12.8. The lowest BCUT2D eigenvalue weighted by molar-refractivity contribution is 0.102. The van der Waals surface area contributed by atoms with Gasteiger partial charge >= 0.3 is 0 Å². The molecule has 0 radical (unpaired) electrons. The third-order valence-electron chi connectivity index (χ3n) is 5.88. The molecular formula is C29H24N4O5. The lowest BCUT2D eigenvalue weighted by Crippen LogP contribution is -2.26. The SMILES string of the molecule is COc1cc2nccc(Oc3ccc(-n4nc(C(=O)Nc5ccccc5)c(C)cc4=O)cc3)c2cc1OC. The number of methoxy groups -OCH3 is 2. The highest BCUT2D eigenvalue weighted by Gasteiger charge is 2.16. The summed E-state index contributed by atoms with van der Waals surface area (Å²) in [6.07, 6.45) is 1.65. The second kappa shape index (κ2) is 10.4. The molecule has 0 aliphatic carbocycles. The molecule has 0 atom stereocenters. The summed E-state index contributed by atoms with van der Waals surface area (Å²) in [5, 5.41) is 7.90. The molecule has 0 unspecified atom stereocenters. The topological polar surface area (TPSA) is 105 Å². The van der Waals surface area contributed by atoms with Gasteiger partial charge in [-0.2, -0.15) is 9.78 Å².